The number of hydrogen-bond donors (Lipinski definition) is 2. The number of hydrogen-bond acceptors (Lipinski definition) is 5. The van der Waals surface area contributed by atoms with Gasteiger partial charge in [0.05, 0.1) is 24.4 Å². The molecule has 1 aromatic heterocycles. The van der Waals surface area contributed by atoms with Crippen LogP contribution in [-0.4, -0.2) is 60.4 Å². The number of amides is 1. The van der Waals surface area contributed by atoms with Gasteiger partial charge in [-0.1, -0.05) is 31.0 Å². The van der Waals surface area contributed by atoms with Crippen LogP contribution < -0.4 is 10.1 Å². The molecule has 1 unspecified atom stereocenters. The quantitative estimate of drug-likeness (QED) is 0.267. The minimum atomic E-state index is -0.189. The molecule has 0 spiro atoms. The second kappa shape index (κ2) is 11.5. The second-order valence-electron chi connectivity index (χ2n) is 10.7. The molecule has 196 valence electrons. The van der Waals surface area contributed by atoms with Gasteiger partial charge in [0.1, 0.15) is 17.9 Å². The van der Waals surface area contributed by atoms with E-state index >= 15 is 0 Å². The van der Waals surface area contributed by atoms with Gasteiger partial charge in [-0.15, -0.1) is 0 Å². The van der Waals surface area contributed by atoms with E-state index in [1.807, 2.05) is 18.3 Å². The van der Waals surface area contributed by atoms with Gasteiger partial charge in [0.25, 0.3) is 0 Å². The number of nitrogens with one attached hydrogen (secondary N) is 2. The molecule has 1 atom stereocenters. The third-order valence-electron chi connectivity index (χ3n) is 8.43. The van der Waals surface area contributed by atoms with Crippen LogP contribution in [0.15, 0.2) is 42.6 Å². The van der Waals surface area contributed by atoms with Gasteiger partial charge in [0, 0.05) is 24.4 Å². The molecule has 3 fully saturated rings. The van der Waals surface area contributed by atoms with Gasteiger partial charge >= 0.3 is 0 Å². The van der Waals surface area contributed by atoms with Gasteiger partial charge < -0.3 is 24.7 Å². The number of unbranched alkanes of at least 4 members (excludes halogenated alkanes) is 3. The molecule has 37 heavy (non-hydrogen) atoms. The molecule has 0 radical (unpaired) electrons. The maximum Gasteiger partial charge on any atom is 0.226 e. The summed E-state index contributed by atoms with van der Waals surface area (Å²) in [6.45, 7) is 3.69. The number of imidazole rings is 1. The number of aromatic amines is 1. The van der Waals surface area contributed by atoms with Crippen LogP contribution in [0.1, 0.15) is 63.1 Å². The summed E-state index contributed by atoms with van der Waals surface area (Å²) in [5.74, 6) is 2.09. The molecular weight excluding hydrogens is 464 g/mol. The summed E-state index contributed by atoms with van der Waals surface area (Å²) in [7, 11) is 1.68. The average Bonchev–Trinajstić information content (AvgIpc) is 3.45. The number of piperidine rings is 3. The van der Waals surface area contributed by atoms with E-state index in [0.717, 1.165) is 104 Å². The number of methoxy groups -OCH3 is 1. The molecule has 1 amide bonds. The van der Waals surface area contributed by atoms with Crippen LogP contribution in [0.5, 0.6) is 5.75 Å². The highest BCUT2D eigenvalue weighted by molar-refractivity contribution is 5.88. The highest BCUT2D eigenvalue weighted by Gasteiger charge is 2.45. The average molecular weight is 503 g/mol. The monoisotopic (exact) mass is 502 g/mol. The van der Waals surface area contributed by atoms with Crippen molar-refractivity contribution in [1.29, 1.82) is 0 Å². The Hall–Kier alpha value is -3.19. The van der Waals surface area contributed by atoms with Gasteiger partial charge in [-0.3, -0.25) is 4.79 Å². The smallest absolute Gasteiger partial charge is 0.226 e. The fourth-order valence-corrected chi connectivity index (χ4v) is 5.91. The van der Waals surface area contributed by atoms with E-state index in [0.29, 0.717) is 13.0 Å². The van der Waals surface area contributed by atoms with Crippen molar-refractivity contribution < 1.29 is 14.3 Å². The maximum absolute atomic E-state index is 13.3. The highest BCUT2D eigenvalue weighted by Crippen LogP contribution is 2.40. The van der Waals surface area contributed by atoms with Crippen molar-refractivity contribution in [3.63, 3.8) is 0 Å². The summed E-state index contributed by atoms with van der Waals surface area (Å²) in [5.41, 5.74) is 1.87. The first-order valence-corrected chi connectivity index (χ1v) is 13.7. The van der Waals surface area contributed by atoms with Crippen molar-refractivity contribution in [2.45, 2.75) is 57.3 Å². The Morgan fingerprint density at radius 1 is 1.11 bits per heavy atom. The number of rotatable bonds is 12. The first kappa shape index (κ1) is 25.5. The number of carbonyl (C=O) groups is 2. The SMILES string of the molecule is COc1ccc2cc(-c3cnc(C(CCCCCC=O)CNC(=O)C45CCN(CC4)CC5)[nH]3)ccc2c1. The van der Waals surface area contributed by atoms with Crippen LogP contribution in [0.3, 0.4) is 0 Å². The number of benzene rings is 2. The largest absolute Gasteiger partial charge is 0.497 e. The molecule has 0 aliphatic carbocycles. The Morgan fingerprint density at radius 3 is 2.62 bits per heavy atom. The van der Waals surface area contributed by atoms with Crippen molar-refractivity contribution in [2.75, 3.05) is 33.3 Å². The van der Waals surface area contributed by atoms with Crippen LogP contribution in [0.25, 0.3) is 22.0 Å². The zero-order valence-electron chi connectivity index (χ0n) is 21.8. The molecule has 3 saturated heterocycles. The van der Waals surface area contributed by atoms with Gasteiger partial charge in [-0.25, -0.2) is 4.98 Å². The fraction of sp³-hybridized carbons (Fsp3) is 0.500. The minimum absolute atomic E-state index is 0.110. The Kier molecular flexibility index (Phi) is 7.89. The van der Waals surface area contributed by atoms with Crippen molar-refractivity contribution in [3.05, 3.63) is 48.4 Å². The van der Waals surface area contributed by atoms with Crippen LogP contribution in [0, 0.1) is 5.41 Å². The molecule has 4 heterocycles. The zero-order valence-corrected chi connectivity index (χ0v) is 21.8. The molecule has 2 bridgehead atoms. The number of carbonyl (C=O) groups excluding carboxylic acids is 2. The van der Waals surface area contributed by atoms with Gasteiger partial charge in [-0.05, 0) is 80.7 Å². The summed E-state index contributed by atoms with van der Waals surface area (Å²) in [6.07, 6.45) is 10.2. The van der Waals surface area contributed by atoms with Crippen LogP contribution >= 0.6 is 0 Å². The molecule has 2 N–H and O–H groups in total. The third kappa shape index (κ3) is 5.72. The number of fused-ring (bicyclic) bond motifs is 4. The summed E-state index contributed by atoms with van der Waals surface area (Å²) in [4.78, 5) is 34.8. The predicted octanol–water partition coefficient (Wildman–Crippen LogP) is 5.07. The number of H-pyrrole nitrogens is 1. The summed E-state index contributed by atoms with van der Waals surface area (Å²) < 4.78 is 5.35. The summed E-state index contributed by atoms with van der Waals surface area (Å²) in [6, 6.07) is 12.5. The highest BCUT2D eigenvalue weighted by atomic mass is 16.5. The first-order chi connectivity index (χ1) is 18.1. The van der Waals surface area contributed by atoms with E-state index in [9.17, 15) is 9.59 Å². The normalized spacial score (nSPS) is 21.6. The topological polar surface area (TPSA) is 87.3 Å². The molecule has 3 aliphatic heterocycles. The van der Waals surface area contributed by atoms with E-state index in [1.54, 1.807) is 7.11 Å². The number of aromatic nitrogens is 2. The van der Waals surface area contributed by atoms with E-state index in [1.165, 1.54) is 0 Å². The third-order valence-corrected chi connectivity index (χ3v) is 8.43. The summed E-state index contributed by atoms with van der Waals surface area (Å²) >= 11 is 0. The molecule has 2 aromatic carbocycles. The predicted molar refractivity (Wildman–Crippen MR) is 146 cm³/mol. The van der Waals surface area contributed by atoms with E-state index in [4.69, 9.17) is 9.72 Å². The van der Waals surface area contributed by atoms with E-state index < -0.39 is 0 Å². The number of ether oxygens (including phenoxy) is 1. The Balaban J connectivity index is 1.29. The van der Waals surface area contributed by atoms with Gasteiger partial charge in [0.2, 0.25) is 5.91 Å². The standard InChI is InChI=1S/C30H38N4O3/c1-37-26-10-9-22-18-24(8-7-23(22)19-26)27-21-31-28(33-27)25(6-4-2-3-5-17-35)20-32-29(36)30-11-14-34(15-12-30)16-13-30/h7-10,17-19,21,25H,2-6,11-16,20H2,1H3,(H,31,33)(H,32,36). The molecule has 3 aromatic rings. The lowest BCUT2D eigenvalue weighted by Crippen LogP contribution is -2.55. The molecular formula is C30H38N4O3. The van der Waals surface area contributed by atoms with Crippen molar-refractivity contribution in [1.82, 2.24) is 20.2 Å². The van der Waals surface area contributed by atoms with Crippen molar-refractivity contribution >= 4 is 23.0 Å². The fourth-order valence-electron chi connectivity index (χ4n) is 5.91. The summed E-state index contributed by atoms with van der Waals surface area (Å²) in [5, 5.41) is 5.59. The lowest BCUT2D eigenvalue weighted by Gasteiger charge is -2.47. The van der Waals surface area contributed by atoms with Crippen molar-refractivity contribution in [2.24, 2.45) is 5.41 Å². The van der Waals surface area contributed by atoms with Gasteiger partial charge in [0.15, 0.2) is 0 Å². The minimum Gasteiger partial charge on any atom is -0.497 e. The van der Waals surface area contributed by atoms with Crippen LogP contribution in [-0.2, 0) is 9.59 Å². The number of aldehydes is 1. The molecule has 3 aliphatic rings. The lowest BCUT2D eigenvalue weighted by atomic mass is 9.71. The molecule has 7 nitrogen and oxygen atoms in total. The van der Waals surface area contributed by atoms with E-state index in [2.05, 4.69) is 39.5 Å². The zero-order chi connectivity index (χ0) is 25.7. The Morgan fingerprint density at radius 2 is 1.86 bits per heavy atom. The van der Waals surface area contributed by atoms with Crippen molar-refractivity contribution in [3.8, 4) is 17.0 Å². The first-order valence-electron chi connectivity index (χ1n) is 13.7. The molecule has 0 saturated carbocycles. The van der Waals surface area contributed by atoms with Crippen LogP contribution in [0.2, 0.25) is 0 Å². The van der Waals surface area contributed by atoms with Gasteiger partial charge in [-0.2, -0.15) is 0 Å². The Bertz CT molecular complexity index is 1210. The Labute approximate surface area is 219 Å². The van der Waals surface area contributed by atoms with Crippen LogP contribution in [0.4, 0.5) is 0 Å². The number of nitrogens with zero attached hydrogens (tertiary/aromatic N) is 2. The molecule has 6 rings (SSSR count). The second-order valence-corrected chi connectivity index (χ2v) is 10.7. The lowest BCUT2D eigenvalue weighted by molar-refractivity contribution is -0.138. The van der Waals surface area contributed by atoms with E-state index in [-0.39, 0.29) is 17.2 Å². The maximum atomic E-state index is 13.3. The molecule has 7 heteroatoms.